The molecular formula is C16H19FS. The van der Waals surface area contributed by atoms with E-state index in [1.807, 2.05) is 13.8 Å². The van der Waals surface area contributed by atoms with Crippen LogP contribution in [0, 0.1) is 6.92 Å². The summed E-state index contributed by atoms with van der Waals surface area (Å²) in [7, 11) is 0. The van der Waals surface area contributed by atoms with Crippen molar-refractivity contribution in [3.05, 3.63) is 40.3 Å². The van der Waals surface area contributed by atoms with E-state index in [1.54, 1.807) is 17.4 Å². The third kappa shape index (κ3) is 2.22. The van der Waals surface area contributed by atoms with Crippen molar-refractivity contribution in [2.45, 2.75) is 40.0 Å². The topological polar surface area (TPSA) is 0 Å². The van der Waals surface area contributed by atoms with Crippen molar-refractivity contribution in [1.82, 2.24) is 0 Å². The van der Waals surface area contributed by atoms with Crippen molar-refractivity contribution in [3.8, 4) is 0 Å². The van der Waals surface area contributed by atoms with E-state index >= 15 is 0 Å². The second-order valence-electron chi connectivity index (χ2n) is 4.31. The Kier molecular flexibility index (Phi) is 4.18. The highest BCUT2D eigenvalue weighted by atomic mass is 32.1. The number of rotatable bonds is 0. The molecule has 0 bridgehead atoms. The summed E-state index contributed by atoms with van der Waals surface area (Å²) >= 11 is 1.60. The van der Waals surface area contributed by atoms with Gasteiger partial charge in [0.05, 0.1) is 4.88 Å². The van der Waals surface area contributed by atoms with E-state index in [4.69, 9.17) is 0 Å². The number of fused-ring (bicyclic) bond motifs is 3. The van der Waals surface area contributed by atoms with Crippen molar-refractivity contribution >= 4 is 27.2 Å². The summed E-state index contributed by atoms with van der Waals surface area (Å²) in [5, 5.41) is 1.26. The molecular weight excluding hydrogens is 243 g/mol. The SMILES string of the molecule is CC.Cc1cccc2c3c(sc12)C(F)=CCCC3. The maximum Gasteiger partial charge on any atom is 0.136 e. The molecule has 0 saturated heterocycles. The summed E-state index contributed by atoms with van der Waals surface area (Å²) < 4.78 is 15.1. The Morgan fingerprint density at radius 3 is 2.78 bits per heavy atom. The smallest absolute Gasteiger partial charge is 0.136 e. The first-order chi connectivity index (χ1) is 8.77. The molecule has 1 aromatic heterocycles. The molecule has 96 valence electrons. The fraction of sp³-hybridized carbons (Fsp3) is 0.375. The number of halogens is 1. The zero-order valence-electron chi connectivity index (χ0n) is 11.2. The zero-order chi connectivity index (χ0) is 13.1. The Morgan fingerprint density at radius 2 is 2.00 bits per heavy atom. The van der Waals surface area contributed by atoms with Gasteiger partial charge in [-0.15, -0.1) is 11.3 Å². The third-order valence-electron chi connectivity index (χ3n) is 3.19. The highest BCUT2D eigenvalue weighted by Gasteiger charge is 2.18. The van der Waals surface area contributed by atoms with Gasteiger partial charge >= 0.3 is 0 Å². The molecule has 0 fully saturated rings. The minimum atomic E-state index is -0.0203. The second kappa shape index (κ2) is 5.66. The van der Waals surface area contributed by atoms with Crippen LogP contribution in [0.5, 0.6) is 0 Å². The molecule has 0 amide bonds. The van der Waals surface area contributed by atoms with Gasteiger partial charge in [0.25, 0.3) is 0 Å². The Morgan fingerprint density at radius 1 is 1.22 bits per heavy atom. The van der Waals surface area contributed by atoms with E-state index in [1.165, 1.54) is 21.2 Å². The summed E-state index contributed by atoms with van der Waals surface area (Å²) in [5.74, 6) is -0.0203. The van der Waals surface area contributed by atoms with E-state index < -0.39 is 0 Å². The number of hydrogen-bond donors (Lipinski definition) is 0. The van der Waals surface area contributed by atoms with E-state index in [-0.39, 0.29) is 5.83 Å². The van der Waals surface area contributed by atoms with Crippen LogP contribution in [0.3, 0.4) is 0 Å². The van der Waals surface area contributed by atoms with E-state index in [0.29, 0.717) is 0 Å². The molecule has 1 aromatic carbocycles. The first kappa shape index (κ1) is 13.3. The third-order valence-corrected chi connectivity index (χ3v) is 4.58. The van der Waals surface area contributed by atoms with Crippen LogP contribution < -0.4 is 0 Å². The molecule has 18 heavy (non-hydrogen) atoms. The van der Waals surface area contributed by atoms with E-state index in [9.17, 15) is 4.39 Å². The van der Waals surface area contributed by atoms with Crippen molar-refractivity contribution in [3.63, 3.8) is 0 Å². The molecule has 2 heteroatoms. The molecule has 0 spiro atoms. The van der Waals surface area contributed by atoms with Crippen molar-refractivity contribution in [2.24, 2.45) is 0 Å². The number of hydrogen-bond acceptors (Lipinski definition) is 1. The molecule has 0 radical (unpaired) electrons. The molecule has 0 unspecified atom stereocenters. The van der Waals surface area contributed by atoms with Crippen molar-refractivity contribution in [2.75, 3.05) is 0 Å². The standard InChI is InChI=1S/C14H13FS.C2H6/c1-9-5-4-7-10-11-6-2-3-8-12(15)14(11)16-13(9)10;1-2/h4-5,7-8H,2-3,6H2,1H3;1-2H3. The van der Waals surface area contributed by atoms with Gasteiger partial charge < -0.3 is 0 Å². The summed E-state index contributed by atoms with van der Waals surface area (Å²) in [6, 6.07) is 6.28. The lowest BCUT2D eigenvalue weighted by Crippen LogP contribution is -1.84. The first-order valence-corrected chi connectivity index (χ1v) is 7.46. The van der Waals surface area contributed by atoms with Gasteiger partial charge in [-0.2, -0.15) is 0 Å². The number of aryl methyl sites for hydroxylation is 2. The van der Waals surface area contributed by atoms with Gasteiger partial charge in [0.1, 0.15) is 5.83 Å². The van der Waals surface area contributed by atoms with Gasteiger partial charge in [-0.3, -0.25) is 0 Å². The molecule has 0 saturated carbocycles. The fourth-order valence-corrected chi connectivity index (χ4v) is 3.60. The largest absolute Gasteiger partial charge is 0.206 e. The maximum absolute atomic E-state index is 13.9. The predicted molar refractivity (Wildman–Crippen MR) is 79.9 cm³/mol. The Labute approximate surface area is 112 Å². The Bertz CT molecular complexity index is 578. The lowest BCUT2D eigenvalue weighted by molar-refractivity contribution is 0.758. The van der Waals surface area contributed by atoms with Crippen molar-refractivity contribution in [1.29, 1.82) is 0 Å². The molecule has 2 aromatic rings. The Balaban J connectivity index is 0.000000574. The van der Waals surface area contributed by atoms with Gasteiger partial charge in [-0.05, 0) is 48.8 Å². The molecule has 1 aliphatic rings. The highest BCUT2D eigenvalue weighted by Crippen LogP contribution is 2.40. The van der Waals surface area contributed by atoms with E-state index in [2.05, 4.69) is 25.1 Å². The summed E-state index contributed by atoms with van der Waals surface area (Å²) in [6.45, 7) is 6.10. The maximum atomic E-state index is 13.9. The number of allylic oxidation sites excluding steroid dienone is 1. The average molecular weight is 262 g/mol. The molecule has 1 heterocycles. The minimum Gasteiger partial charge on any atom is -0.206 e. The van der Waals surface area contributed by atoms with Crippen LogP contribution in [0.25, 0.3) is 15.9 Å². The lowest BCUT2D eigenvalue weighted by atomic mass is 10.0. The summed E-state index contributed by atoms with van der Waals surface area (Å²) in [6.07, 6.45) is 4.65. The van der Waals surface area contributed by atoms with Crippen LogP contribution in [-0.4, -0.2) is 0 Å². The quantitative estimate of drug-likeness (QED) is 0.556. The number of thiophene rings is 1. The van der Waals surface area contributed by atoms with Gasteiger partial charge in [-0.1, -0.05) is 32.0 Å². The summed E-state index contributed by atoms with van der Waals surface area (Å²) in [4.78, 5) is 0.863. The van der Waals surface area contributed by atoms with Gasteiger partial charge in [0, 0.05) is 4.70 Å². The van der Waals surface area contributed by atoms with Crippen LogP contribution in [0.2, 0.25) is 0 Å². The number of benzene rings is 1. The predicted octanol–water partition coefficient (Wildman–Crippen LogP) is 5.88. The highest BCUT2D eigenvalue weighted by molar-refractivity contribution is 7.20. The monoisotopic (exact) mass is 262 g/mol. The van der Waals surface area contributed by atoms with Crippen LogP contribution in [-0.2, 0) is 6.42 Å². The molecule has 0 N–H and O–H groups in total. The van der Waals surface area contributed by atoms with Crippen LogP contribution in [0.15, 0.2) is 24.3 Å². The van der Waals surface area contributed by atoms with Gasteiger partial charge in [0.2, 0.25) is 0 Å². The minimum absolute atomic E-state index is 0.0203. The molecule has 3 rings (SSSR count). The van der Waals surface area contributed by atoms with Gasteiger partial charge in [0.15, 0.2) is 0 Å². The fourth-order valence-electron chi connectivity index (χ4n) is 2.35. The van der Waals surface area contributed by atoms with Crippen LogP contribution >= 0.6 is 11.3 Å². The molecule has 0 aliphatic heterocycles. The summed E-state index contributed by atoms with van der Waals surface area (Å²) in [5.41, 5.74) is 2.47. The van der Waals surface area contributed by atoms with Crippen LogP contribution in [0.4, 0.5) is 4.39 Å². The van der Waals surface area contributed by atoms with Crippen molar-refractivity contribution < 1.29 is 4.39 Å². The Hall–Kier alpha value is -1.15. The molecule has 1 aliphatic carbocycles. The lowest BCUT2D eigenvalue weighted by Gasteiger charge is -1.99. The second-order valence-corrected chi connectivity index (χ2v) is 5.33. The average Bonchev–Trinajstić information content (AvgIpc) is 2.68. The first-order valence-electron chi connectivity index (χ1n) is 6.64. The van der Waals surface area contributed by atoms with E-state index in [0.717, 1.165) is 24.1 Å². The zero-order valence-corrected chi connectivity index (χ0v) is 12.0. The normalized spacial score (nSPS) is 14.3. The van der Waals surface area contributed by atoms with Gasteiger partial charge in [-0.25, -0.2) is 4.39 Å². The molecule has 0 atom stereocenters. The van der Waals surface area contributed by atoms with Crippen LogP contribution in [0.1, 0.15) is 42.7 Å². The molecule has 0 nitrogen and oxygen atoms in total.